The molecule has 11 heteroatoms. The average Bonchev–Trinajstić information content (AvgIpc) is 2.65. The highest BCUT2D eigenvalue weighted by molar-refractivity contribution is 7.90. The molecule has 0 atom stereocenters. The maximum absolute atomic E-state index is 12.6. The number of rotatable bonds is 6. The van der Waals surface area contributed by atoms with Gasteiger partial charge in [0.1, 0.15) is 0 Å². The molecule has 0 aromatic heterocycles. The SMILES string of the molecule is CN=C(NCCCc1ccccc1Cl)NC1CCN(S(=O)(=O)C(F)(F)F)CC1. The molecule has 1 saturated heterocycles. The number of hydrogen-bond donors (Lipinski definition) is 2. The molecule has 28 heavy (non-hydrogen) atoms. The summed E-state index contributed by atoms with van der Waals surface area (Å²) in [5.74, 6) is 0.538. The van der Waals surface area contributed by atoms with Crippen LogP contribution in [-0.2, 0) is 16.4 Å². The number of sulfonamides is 1. The van der Waals surface area contributed by atoms with Crippen LogP contribution in [0.1, 0.15) is 24.8 Å². The van der Waals surface area contributed by atoms with Crippen molar-refractivity contribution in [3.8, 4) is 0 Å². The Kier molecular flexibility index (Phi) is 7.97. The first-order valence-electron chi connectivity index (χ1n) is 8.92. The van der Waals surface area contributed by atoms with E-state index in [1.807, 2.05) is 24.3 Å². The topological polar surface area (TPSA) is 73.8 Å². The third-order valence-corrected chi connectivity index (χ3v) is 6.52. The number of nitrogens with one attached hydrogen (secondary N) is 2. The van der Waals surface area contributed by atoms with Crippen LogP contribution in [0.3, 0.4) is 0 Å². The van der Waals surface area contributed by atoms with Gasteiger partial charge in [-0.3, -0.25) is 4.99 Å². The molecule has 0 radical (unpaired) electrons. The minimum Gasteiger partial charge on any atom is -0.356 e. The summed E-state index contributed by atoms with van der Waals surface area (Å²) in [6.45, 7) is 0.290. The van der Waals surface area contributed by atoms with Crippen molar-refractivity contribution in [1.82, 2.24) is 14.9 Å². The molecular weight excluding hydrogens is 417 g/mol. The summed E-state index contributed by atoms with van der Waals surface area (Å²) in [7, 11) is -3.65. The van der Waals surface area contributed by atoms with E-state index in [9.17, 15) is 21.6 Å². The van der Waals surface area contributed by atoms with E-state index in [1.54, 1.807) is 7.05 Å². The fourth-order valence-corrected chi connectivity index (χ4v) is 4.18. The molecule has 2 rings (SSSR count). The van der Waals surface area contributed by atoms with E-state index in [0.717, 1.165) is 23.4 Å². The Morgan fingerprint density at radius 3 is 2.50 bits per heavy atom. The van der Waals surface area contributed by atoms with E-state index in [2.05, 4.69) is 15.6 Å². The molecule has 1 aliphatic heterocycles. The molecule has 0 saturated carbocycles. The molecule has 1 aromatic carbocycles. The Balaban J connectivity index is 1.75. The van der Waals surface area contributed by atoms with Crippen LogP contribution in [0, 0.1) is 0 Å². The van der Waals surface area contributed by atoms with Gasteiger partial charge in [0.15, 0.2) is 5.96 Å². The van der Waals surface area contributed by atoms with Gasteiger partial charge < -0.3 is 10.6 Å². The number of halogens is 4. The average molecular weight is 441 g/mol. The van der Waals surface area contributed by atoms with Crippen molar-refractivity contribution in [3.63, 3.8) is 0 Å². The number of nitrogens with zero attached hydrogens (tertiary/aromatic N) is 2. The summed E-state index contributed by atoms with van der Waals surface area (Å²) in [5.41, 5.74) is -4.20. The summed E-state index contributed by atoms with van der Waals surface area (Å²) in [6.07, 6.45) is 2.18. The summed E-state index contributed by atoms with van der Waals surface area (Å²) in [5, 5.41) is 7.02. The smallest absolute Gasteiger partial charge is 0.356 e. The van der Waals surface area contributed by atoms with Gasteiger partial charge in [-0.25, -0.2) is 8.42 Å². The Bertz CT molecular complexity index is 779. The normalized spacial score (nSPS) is 17.5. The molecule has 0 aliphatic carbocycles. The number of guanidine groups is 1. The van der Waals surface area contributed by atoms with Crippen molar-refractivity contribution in [3.05, 3.63) is 34.9 Å². The molecule has 0 unspecified atom stereocenters. The third kappa shape index (κ3) is 5.99. The maximum atomic E-state index is 12.6. The molecule has 0 amide bonds. The minimum atomic E-state index is -5.26. The van der Waals surface area contributed by atoms with Gasteiger partial charge in [-0.2, -0.15) is 17.5 Å². The van der Waals surface area contributed by atoms with Crippen molar-refractivity contribution < 1.29 is 21.6 Å². The summed E-state index contributed by atoms with van der Waals surface area (Å²) >= 11 is 6.12. The molecule has 2 N–H and O–H groups in total. The van der Waals surface area contributed by atoms with Gasteiger partial charge in [0.25, 0.3) is 0 Å². The standard InChI is InChI=1S/C17H24ClF3N4O2S/c1-22-16(23-10-4-6-13-5-2-3-7-15(13)18)24-14-8-11-25(12-9-14)28(26,27)17(19,20)21/h2-3,5,7,14H,4,6,8-12H2,1H3,(H2,22,23,24). The number of alkyl halides is 3. The second-order valence-corrected chi connectivity index (χ2v) is 8.80. The van der Waals surface area contributed by atoms with Crippen molar-refractivity contribution >= 4 is 27.6 Å². The molecule has 0 spiro atoms. The van der Waals surface area contributed by atoms with Crippen LogP contribution in [0.15, 0.2) is 29.3 Å². The van der Waals surface area contributed by atoms with E-state index in [-0.39, 0.29) is 32.0 Å². The first-order chi connectivity index (χ1) is 13.1. The predicted octanol–water partition coefficient (Wildman–Crippen LogP) is 2.75. The number of benzene rings is 1. The van der Waals surface area contributed by atoms with E-state index < -0.39 is 15.5 Å². The van der Waals surface area contributed by atoms with Crippen molar-refractivity contribution in [2.45, 2.75) is 37.2 Å². The van der Waals surface area contributed by atoms with Crippen LogP contribution in [-0.4, -0.2) is 56.9 Å². The highest BCUT2D eigenvalue weighted by atomic mass is 35.5. The number of aryl methyl sites for hydroxylation is 1. The fourth-order valence-electron chi connectivity index (χ4n) is 2.96. The molecule has 1 fully saturated rings. The number of hydrogen-bond acceptors (Lipinski definition) is 3. The van der Waals surface area contributed by atoms with Crippen LogP contribution in [0.2, 0.25) is 5.02 Å². The largest absolute Gasteiger partial charge is 0.511 e. The lowest BCUT2D eigenvalue weighted by molar-refractivity contribution is -0.0494. The van der Waals surface area contributed by atoms with Gasteiger partial charge >= 0.3 is 15.5 Å². The number of piperidine rings is 1. The maximum Gasteiger partial charge on any atom is 0.511 e. The van der Waals surface area contributed by atoms with Gasteiger partial charge in [0.2, 0.25) is 0 Å². The molecule has 6 nitrogen and oxygen atoms in total. The van der Waals surface area contributed by atoms with Gasteiger partial charge in [0, 0.05) is 37.7 Å². The quantitative estimate of drug-likeness (QED) is 0.405. The Hall–Kier alpha value is -1.52. The lowest BCUT2D eigenvalue weighted by Gasteiger charge is -2.32. The van der Waals surface area contributed by atoms with Gasteiger partial charge in [0.05, 0.1) is 0 Å². The van der Waals surface area contributed by atoms with E-state index in [4.69, 9.17) is 11.6 Å². The van der Waals surface area contributed by atoms with Crippen molar-refractivity contribution in [1.29, 1.82) is 0 Å². The Labute approximate surface area is 168 Å². The van der Waals surface area contributed by atoms with Crippen LogP contribution >= 0.6 is 11.6 Å². The lowest BCUT2D eigenvalue weighted by atomic mass is 10.1. The van der Waals surface area contributed by atoms with Crippen LogP contribution in [0.5, 0.6) is 0 Å². The summed E-state index contributed by atoms with van der Waals surface area (Å²) in [4.78, 5) is 4.11. The third-order valence-electron chi connectivity index (χ3n) is 4.52. The zero-order valence-electron chi connectivity index (χ0n) is 15.5. The predicted molar refractivity (Wildman–Crippen MR) is 104 cm³/mol. The highest BCUT2D eigenvalue weighted by Crippen LogP contribution is 2.28. The van der Waals surface area contributed by atoms with Crippen LogP contribution < -0.4 is 10.6 Å². The van der Waals surface area contributed by atoms with E-state index >= 15 is 0 Å². The summed E-state index contributed by atoms with van der Waals surface area (Å²) < 4.78 is 61.2. The highest BCUT2D eigenvalue weighted by Gasteiger charge is 2.50. The van der Waals surface area contributed by atoms with Crippen LogP contribution in [0.25, 0.3) is 0 Å². The molecular formula is C17H24ClF3N4O2S. The fraction of sp³-hybridized carbons (Fsp3) is 0.588. The van der Waals surface area contributed by atoms with E-state index in [1.165, 1.54) is 0 Å². The summed E-state index contributed by atoms with van der Waals surface area (Å²) in [6, 6.07) is 7.48. The zero-order chi connectivity index (χ0) is 20.8. The van der Waals surface area contributed by atoms with Crippen molar-refractivity contribution in [2.24, 2.45) is 4.99 Å². The Morgan fingerprint density at radius 1 is 1.29 bits per heavy atom. The van der Waals surface area contributed by atoms with Crippen molar-refractivity contribution in [2.75, 3.05) is 26.7 Å². The minimum absolute atomic E-state index is 0.144. The zero-order valence-corrected chi connectivity index (χ0v) is 17.0. The monoisotopic (exact) mass is 440 g/mol. The molecule has 1 aromatic rings. The van der Waals surface area contributed by atoms with Gasteiger partial charge in [-0.05, 0) is 37.3 Å². The first-order valence-corrected chi connectivity index (χ1v) is 10.7. The second kappa shape index (κ2) is 9.80. The number of aliphatic imine (C=N–C) groups is 1. The lowest BCUT2D eigenvalue weighted by Crippen LogP contribution is -2.51. The molecule has 0 bridgehead atoms. The Morgan fingerprint density at radius 2 is 1.93 bits per heavy atom. The van der Waals surface area contributed by atoms with Gasteiger partial charge in [-0.15, -0.1) is 0 Å². The second-order valence-electron chi connectivity index (χ2n) is 6.46. The van der Waals surface area contributed by atoms with Gasteiger partial charge in [-0.1, -0.05) is 29.8 Å². The van der Waals surface area contributed by atoms with E-state index in [0.29, 0.717) is 16.8 Å². The molecule has 1 aliphatic rings. The first kappa shape index (κ1) is 22.8. The molecule has 1 heterocycles. The molecule has 158 valence electrons. The van der Waals surface area contributed by atoms with Crippen LogP contribution in [0.4, 0.5) is 13.2 Å².